The van der Waals surface area contributed by atoms with Crippen LogP contribution in [0.3, 0.4) is 0 Å². The molecule has 4 rings (SSSR count). The lowest BCUT2D eigenvalue weighted by atomic mass is 10.0. The number of aliphatic hydroxyl groups excluding tert-OH is 2. The van der Waals surface area contributed by atoms with Gasteiger partial charge in [0, 0.05) is 18.2 Å². The number of aromatic nitrogens is 4. The van der Waals surface area contributed by atoms with Crippen molar-refractivity contribution < 1.29 is 29.2 Å². The van der Waals surface area contributed by atoms with E-state index in [4.69, 9.17) is 14.2 Å². The van der Waals surface area contributed by atoms with Gasteiger partial charge in [0.05, 0.1) is 26.0 Å². The van der Waals surface area contributed by atoms with E-state index in [1.807, 2.05) is 0 Å². The molecule has 4 N–H and O–H groups in total. The quantitative estimate of drug-likeness (QED) is 0.335. The van der Waals surface area contributed by atoms with Crippen LogP contribution in [0.25, 0.3) is 5.65 Å². The number of fused-ring (bicyclic) bond motifs is 1. The normalized spacial score (nSPS) is 23.0. The first-order chi connectivity index (χ1) is 15.5. The molecule has 1 amide bonds. The molecule has 1 fully saturated rings. The summed E-state index contributed by atoms with van der Waals surface area (Å²) in [5.41, 5.74) is 0.249. The summed E-state index contributed by atoms with van der Waals surface area (Å²) in [5, 5.41) is 26.7. The smallest absolute Gasteiger partial charge is 0.350 e. The van der Waals surface area contributed by atoms with Crippen molar-refractivity contribution in [1.29, 1.82) is 0 Å². The molecule has 1 aliphatic heterocycles. The van der Waals surface area contributed by atoms with Gasteiger partial charge >= 0.3 is 5.69 Å². The predicted octanol–water partition coefficient (Wildman–Crippen LogP) is -0.505. The Labute approximate surface area is 181 Å². The van der Waals surface area contributed by atoms with Gasteiger partial charge in [-0.05, 0) is 12.1 Å². The molecule has 12 nitrogen and oxygen atoms in total. The second kappa shape index (κ2) is 9.54. The fourth-order valence-corrected chi connectivity index (χ4v) is 3.52. The van der Waals surface area contributed by atoms with E-state index in [2.05, 4.69) is 20.4 Å². The second-order valence-electron chi connectivity index (χ2n) is 7.14. The fourth-order valence-electron chi connectivity index (χ4n) is 3.52. The van der Waals surface area contributed by atoms with Gasteiger partial charge in [-0.15, -0.1) is 0 Å². The van der Waals surface area contributed by atoms with Crippen molar-refractivity contribution in [2.45, 2.75) is 24.4 Å². The third-order valence-electron chi connectivity index (χ3n) is 5.10. The summed E-state index contributed by atoms with van der Waals surface area (Å²) in [6.07, 6.45) is -2.33. The van der Waals surface area contributed by atoms with Crippen LogP contribution in [0.15, 0.2) is 41.3 Å². The molecule has 0 saturated carbocycles. The second-order valence-corrected chi connectivity index (χ2v) is 7.14. The van der Waals surface area contributed by atoms with Gasteiger partial charge in [0.2, 0.25) is 5.95 Å². The molecule has 12 heteroatoms. The van der Waals surface area contributed by atoms with E-state index < -0.39 is 42.6 Å². The molecule has 0 aliphatic carbocycles. The number of H-pyrrole nitrogens is 1. The lowest BCUT2D eigenvalue weighted by Crippen LogP contribution is -2.35. The number of carbonyl (C=O) groups is 1. The van der Waals surface area contributed by atoms with Crippen molar-refractivity contribution >= 4 is 17.5 Å². The van der Waals surface area contributed by atoms with Crippen molar-refractivity contribution in [3.8, 4) is 0 Å². The maximum atomic E-state index is 12.5. The zero-order chi connectivity index (χ0) is 22.7. The number of ether oxygens (including phenoxy) is 3. The zero-order valence-electron chi connectivity index (χ0n) is 17.2. The number of hydrogen-bond acceptors (Lipinski definition) is 9. The SMILES string of the molecule is COCCOC1C(c2cnn3c(=O)[nH]c(NC(=O)c4ccccc4)nc23)OC(CO)C1O. The minimum absolute atomic E-state index is 0.0767. The van der Waals surface area contributed by atoms with Gasteiger partial charge < -0.3 is 24.4 Å². The number of benzene rings is 1. The summed E-state index contributed by atoms with van der Waals surface area (Å²) >= 11 is 0. The molecule has 2 aromatic heterocycles. The predicted molar refractivity (Wildman–Crippen MR) is 110 cm³/mol. The van der Waals surface area contributed by atoms with Crippen LogP contribution in [-0.4, -0.2) is 80.9 Å². The third-order valence-corrected chi connectivity index (χ3v) is 5.10. The highest BCUT2D eigenvalue weighted by Crippen LogP contribution is 2.36. The van der Waals surface area contributed by atoms with Gasteiger partial charge in [0.25, 0.3) is 5.91 Å². The Hall–Kier alpha value is -3.16. The number of aromatic amines is 1. The van der Waals surface area contributed by atoms with Crippen molar-refractivity contribution in [3.63, 3.8) is 0 Å². The average molecular weight is 445 g/mol. The van der Waals surface area contributed by atoms with Crippen LogP contribution in [0.1, 0.15) is 22.0 Å². The van der Waals surface area contributed by atoms with Crippen molar-refractivity contribution in [2.24, 2.45) is 0 Å². The molecule has 3 aromatic rings. The van der Waals surface area contributed by atoms with Crippen LogP contribution < -0.4 is 11.0 Å². The number of methoxy groups -OCH3 is 1. The molecule has 170 valence electrons. The van der Waals surface area contributed by atoms with Crippen LogP contribution in [0.2, 0.25) is 0 Å². The van der Waals surface area contributed by atoms with Gasteiger partial charge in [0.1, 0.15) is 24.4 Å². The Morgan fingerprint density at radius 2 is 2.09 bits per heavy atom. The van der Waals surface area contributed by atoms with Crippen LogP contribution in [0, 0.1) is 0 Å². The minimum atomic E-state index is -1.11. The van der Waals surface area contributed by atoms with Crippen LogP contribution in [0.4, 0.5) is 5.95 Å². The van der Waals surface area contributed by atoms with Gasteiger partial charge in [-0.25, -0.2) is 4.79 Å². The highest BCUT2D eigenvalue weighted by molar-refractivity contribution is 6.03. The Morgan fingerprint density at radius 3 is 2.81 bits per heavy atom. The standard InChI is InChI=1S/C20H23N5O7/c1-30-7-8-31-16-14(27)13(10-26)32-15(16)12-9-21-25-17(12)22-19(24-20(25)29)23-18(28)11-5-3-2-4-6-11/h2-6,9,13-16,26-27H,7-8,10H2,1H3,(H2,22,23,24,28,29). The molecule has 4 unspecified atom stereocenters. The summed E-state index contributed by atoms with van der Waals surface area (Å²) in [6.45, 7) is 0.0529. The lowest BCUT2D eigenvalue weighted by Gasteiger charge is -2.20. The lowest BCUT2D eigenvalue weighted by molar-refractivity contribution is -0.0528. The number of amides is 1. The summed E-state index contributed by atoms with van der Waals surface area (Å²) in [6, 6.07) is 8.46. The summed E-state index contributed by atoms with van der Waals surface area (Å²) in [4.78, 5) is 31.7. The van der Waals surface area contributed by atoms with E-state index in [9.17, 15) is 19.8 Å². The largest absolute Gasteiger partial charge is 0.394 e. The minimum Gasteiger partial charge on any atom is -0.394 e. The van der Waals surface area contributed by atoms with Crippen LogP contribution in [-0.2, 0) is 14.2 Å². The molecule has 0 radical (unpaired) electrons. The number of nitrogens with zero attached hydrogens (tertiary/aromatic N) is 3. The van der Waals surface area contributed by atoms with Crippen molar-refractivity contribution in [2.75, 3.05) is 32.2 Å². The molecule has 32 heavy (non-hydrogen) atoms. The Kier molecular flexibility index (Phi) is 6.58. The van der Waals surface area contributed by atoms with Gasteiger partial charge in [0.15, 0.2) is 5.65 Å². The molecule has 1 aromatic carbocycles. The first kappa shape index (κ1) is 22.0. The molecule has 1 saturated heterocycles. The molecular formula is C20H23N5O7. The maximum absolute atomic E-state index is 12.5. The fraction of sp³-hybridized carbons (Fsp3) is 0.400. The first-order valence-corrected chi connectivity index (χ1v) is 9.92. The number of anilines is 1. The summed E-state index contributed by atoms with van der Waals surface area (Å²) in [5.74, 6) is -0.528. The average Bonchev–Trinajstić information content (AvgIpc) is 3.36. The summed E-state index contributed by atoms with van der Waals surface area (Å²) < 4.78 is 17.5. The van der Waals surface area contributed by atoms with E-state index in [-0.39, 0.29) is 18.2 Å². The Bertz CT molecular complexity index is 1130. The molecule has 1 aliphatic rings. The number of aliphatic hydroxyl groups is 2. The number of carbonyl (C=O) groups excluding carboxylic acids is 1. The van der Waals surface area contributed by atoms with Crippen LogP contribution in [0.5, 0.6) is 0 Å². The highest BCUT2D eigenvalue weighted by Gasteiger charge is 2.46. The number of hydrogen-bond donors (Lipinski definition) is 4. The van der Waals surface area contributed by atoms with E-state index in [0.29, 0.717) is 17.7 Å². The Balaban J connectivity index is 1.66. The van der Waals surface area contributed by atoms with E-state index in [0.717, 1.165) is 4.52 Å². The van der Waals surface area contributed by atoms with Gasteiger partial charge in [-0.3, -0.25) is 15.1 Å². The molecular weight excluding hydrogens is 422 g/mol. The topological polar surface area (TPSA) is 160 Å². The van der Waals surface area contributed by atoms with Gasteiger partial charge in [-0.2, -0.15) is 14.6 Å². The maximum Gasteiger partial charge on any atom is 0.350 e. The van der Waals surface area contributed by atoms with E-state index in [1.165, 1.54) is 13.3 Å². The molecule has 0 spiro atoms. The number of nitrogens with one attached hydrogen (secondary N) is 2. The summed E-state index contributed by atoms with van der Waals surface area (Å²) in [7, 11) is 1.52. The van der Waals surface area contributed by atoms with Crippen molar-refractivity contribution in [3.05, 3.63) is 58.1 Å². The van der Waals surface area contributed by atoms with Crippen LogP contribution >= 0.6 is 0 Å². The zero-order valence-corrected chi connectivity index (χ0v) is 17.2. The molecule has 3 heterocycles. The van der Waals surface area contributed by atoms with E-state index >= 15 is 0 Å². The van der Waals surface area contributed by atoms with Gasteiger partial charge in [-0.1, -0.05) is 18.2 Å². The van der Waals surface area contributed by atoms with Crippen molar-refractivity contribution in [1.82, 2.24) is 19.6 Å². The molecule has 4 atom stereocenters. The Morgan fingerprint density at radius 1 is 1.31 bits per heavy atom. The number of rotatable bonds is 8. The monoisotopic (exact) mass is 445 g/mol. The highest BCUT2D eigenvalue weighted by atomic mass is 16.6. The first-order valence-electron chi connectivity index (χ1n) is 9.92. The third kappa shape index (κ3) is 4.26. The van der Waals surface area contributed by atoms with E-state index in [1.54, 1.807) is 30.3 Å². The molecule has 0 bridgehead atoms.